The van der Waals surface area contributed by atoms with Gasteiger partial charge in [-0.05, 0) is 36.6 Å². The van der Waals surface area contributed by atoms with Crippen LogP contribution in [0.3, 0.4) is 0 Å². The van der Waals surface area contributed by atoms with Gasteiger partial charge in [0.05, 0.1) is 11.5 Å². The summed E-state index contributed by atoms with van der Waals surface area (Å²) in [4.78, 5) is 21.5. The standard InChI is InChI=1S/C12H13FO4/c1-6-4-10(13)9(12(16)17)5-8(6)3-7(2)11(14)15/h4-5,7H,3H2,1-2H3,(H,14,15)(H,16,17). The molecular weight excluding hydrogens is 227 g/mol. The summed E-state index contributed by atoms with van der Waals surface area (Å²) in [5.41, 5.74) is 0.669. The molecule has 5 heteroatoms. The van der Waals surface area contributed by atoms with E-state index in [1.165, 1.54) is 13.0 Å². The van der Waals surface area contributed by atoms with E-state index < -0.39 is 29.2 Å². The molecule has 0 fully saturated rings. The van der Waals surface area contributed by atoms with Crippen LogP contribution < -0.4 is 0 Å². The SMILES string of the molecule is Cc1cc(F)c(C(=O)O)cc1CC(C)C(=O)O. The lowest BCUT2D eigenvalue weighted by atomic mass is 9.95. The van der Waals surface area contributed by atoms with Crippen molar-refractivity contribution in [1.29, 1.82) is 0 Å². The molecule has 0 aliphatic heterocycles. The van der Waals surface area contributed by atoms with Crippen molar-refractivity contribution in [2.24, 2.45) is 5.92 Å². The third-order valence-corrected chi connectivity index (χ3v) is 2.60. The molecule has 1 rings (SSSR count). The largest absolute Gasteiger partial charge is 0.481 e. The molecule has 92 valence electrons. The van der Waals surface area contributed by atoms with E-state index in [0.717, 1.165) is 6.07 Å². The number of carbonyl (C=O) groups is 2. The van der Waals surface area contributed by atoms with Crippen LogP contribution in [0.1, 0.15) is 28.4 Å². The maximum Gasteiger partial charge on any atom is 0.338 e. The van der Waals surface area contributed by atoms with E-state index in [4.69, 9.17) is 10.2 Å². The van der Waals surface area contributed by atoms with Crippen LogP contribution in [0.15, 0.2) is 12.1 Å². The van der Waals surface area contributed by atoms with Gasteiger partial charge in [0.2, 0.25) is 0 Å². The average molecular weight is 240 g/mol. The Hall–Kier alpha value is -1.91. The van der Waals surface area contributed by atoms with Gasteiger partial charge in [0, 0.05) is 0 Å². The highest BCUT2D eigenvalue weighted by Crippen LogP contribution is 2.19. The number of benzene rings is 1. The lowest BCUT2D eigenvalue weighted by molar-refractivity contribution is -0.141. The highest BCUT2D eigenvalue weighted by molar-refractivity contribution is 5.88. The van der Waals surface area contributed by atoms with Gasteiger partial charge in [-0.2, -0.15) is 0 Å². The molecular formula is C12H13FO4. The lowest BCUT2D eigenvalue weighted by Crippen LogP contribution is -2.14. The number of rotatable bonds is 4. The normalized spacial score (nSPS) is 12.2. The molecule has 1 aromatic rings. The number of carboxylic acid groups (broad SMARTS) is 2. The van der Waals surface area contributed by atoms with Crippen molar-refractivity contribution in [2.45, 2.75) is 20.3 Å². The van der Waals surface area contributed by atoms with Gasteiger partial charge in [-0.25, -0.2) is 9.18 Å². The minimum absolute atomic E-state index is 0.182. The van der Waals surface area contributed by atoms with Crippen LogP contribution in [0, 0.1) is 18.7 Å². The van der Waals surface area contributed by atoms with Crippen molar-refractivity contribution >= 4 is 11.9 Å². The average Bonchev–Trinajstić information content (AvgIpc) is 2.21. The third kappa shape index (κ3) is 3.03. The number of aliphatic carboxylic acids is 1. The fourth-order valence-electron chi connectivity index (χ4n) is 1.52. The van der Waals surface area contributed by atoms with Crippen LogP contribution in [0.4, 0.5) is 4.39 Å². The Labute approximate surface area is 97.7 Å². The summed E-state index contributed by atoms with van der Waals surface area (Å²) in [6.45, 7) is 3.14. The van der Waals surface area contributed by atoms with Gasteiger partial charge in [-0.3, -0.25) is 4.79 Å². The van der Waals surface area contributed by atoms with Crippen molar-refractivity contribution in [3.05, 3.63) is 34.6 Å². The van der Waals surface area contributed by atoms with E-state index in [0.29, 0.717) is 11.1 Å². The van der Waals surface area contributed by atoms with Crippen molar-refractivity contribution in [2.75, 3.05) is 0 Å². The van der Waals surface area contributed by atoms with E-state index in [1.807, 2.05) is 0 Å². The Balaban J connectivity index is 3.12. The Morgan fingerprint density at radius 1 is 1.35 bits per heavy atom. The Bertz CT molecular complexity index is 468. The van der Waals surface area contributed by atoms with Gasteiger partial charge in [-0.15, -0.1) is 0 Å². The minimum Gasteiger partial charge on any atom is -0.481 e. The summed E-state index contributed by atoms with van der Waals surface area (Å²) in [5, 5.41) is 17.5. The number of aryl methyl sites for hydroxylation is 1. The monoisotopic (exact) mass is 240 g/mol. The second-order valence-corrected chi connectivity index (χ2v) is 4.01. The maximum absolute atomic E-state index is 13.3. The fourth-order valence-corrected chi connectivity index (χ4v) is 1.52. The van der Waals surface area contributed by atoms with Crippen molar-refractivity contribution in [3.63, 3.8) is 0 Å². The molecule has 0 aliphatic carbocycles. The summed E-state index contributed by atoms with van der Waals surface area (Å²) >= 11 is 0. The second-order valence-electron chi connectivity index (χ2n) is 4.01. The van der Waals surface area contributed by atoms with Crippen LogP contribution in [0.5, 0.6) is 0 Å². The molecule has 1 unspecified atom stereocenters. The van der Waals surface area contributed by atoms with Crippen LogP contribution >= 0.6 is 0 Å². The molecule has 0 saturated heterocycles. The van der Waals surface area contributed by atoms with E-state index in [2.05, 4.69) is 0 Å². The molecule has 17 heavy (non-hydrogen) atoms. The van der Waals surface area contributed by atoms with Gasteiger partial charge in [-0.1, -0.05) is 6.92 Å². The molecule has 4 nitrogen and oxygen atoms in total. The van der Waals surface area contributed by atoms with Crippen LogP contribution in [0.25, 0.3) is 0 Å². The Kier molecular flexibility index (Phi) is 3.83. The molecule has 0 aliphatic rings. The number of hydrogen-bond donors (Lipinski definition) is 2. The smallest absolute Gasteiger partial charge is 0.338 e. The second kappa shape index (κ2) is 4.95. The number of carboxylic acids is 2. The van der Waals surface area contributed by atoms with E-state index in [1.54, 1.807) is 6.92 Å². The van der Waals surface area contributed by atoms with E-state index in [9.17, 15) is 14.0 Å². The molecule has 0 spiro atoms. The summed E-state index contributed by atoms with van der Waals surface area (Å²) in [6.07, 6.45) is 0.182. The molecule has 1 aromatic carbocycles. The molecule has 2 N–H and O–H groups in total. The lowest BCUT2D eigenvalue weighted by Gasteiger charge is -2.10. The highest BCUT2D eigenvalue weighted by Gasteiger charge is 2.17. The minimum atomic E-state index is -1.35. The Morgan fingerprint density at radius 2 is 1.94 bits per heavy atom. The quantitative estimate of drug-likeness (QED) is 0.845. The zero-order valence-electron chi connectivity index (χ0n) is 9.53. The van der Waals surface area contributed by atoms with Gasteiger partial charge in [0.25, 0.3) is 0 Å². The fraction of sp³-hybridized carbons (Fsp3) is 0.333. The topological polar surface area (TPSA) is 74.6 Å². The van der Waals surface area contributed by atoms with Crippen LogP contribution in [0.2, 0.25) is 0 Å². The molecule has 1 atom stereocenters. The number of aromatic carboxylic acids is 1. The zero-order chi connectivity index (χ0) is 13.2. The third-order valence-electron chi connectivity index (χ3n) is 2.60. The first-order chi connectivity index (χ1) is 7.82. The summed E-state index contributed by atoms with van der Waals surface area (Å²) in [6, 6.07) is 2.32. The first kappa shape index (κ1) is 13.2. The number of hydrogen-bond acceptors (Lipinski definition) is 2. The van der Waals surface area contributed by atoms with Crippen LogP contribution in [-0.2, 0) is 11.2 Å². The van der Waals surface area contributed by atoms with E-state index in [-0.39, 0.29) is 6.42 Å². The van der Waals surface area contributed by atoms with Crippen molar-refractivity contribution in [1.82, 2.24) is 0 Å². The van der Waals surface area contributed by atoms with Crippen molar-refractivity contribution < 1.29 is 24.2 Å². The van der Waals surface area contributed by atoms with Gasteiger partial charge >= 0.3 is 11.9 Å². The van der Waals surface area contributed by atoms with Gasteiger partial charge in [0.1, 0.15) is 5.82 Å². The first-order valence-corrected chi connectivity index (χ1v) is 5.08. The number of halogens is 1. The van der Waals surface area contributed by atoms with E-state index >= 15 is 0 Å². The predicted octanol–water partition coefficient (Wildman–Crippen LogP) is 2.10. The summed E-state index contributed by atoms with van der Waals surface area (Å²) in [5.74, 6) is -3.76. The molecule has 0 bridgehead atoms. The zero-order valence-corrected chi connectivity index (χ0v) is 9.53. The molecule has 0 aromatic heterocycles. The van der Waals surface area contributed by atoms with Crippen molar-refractivity contribution in [3.8, 4) is 0 Å². The van der Waals surface area contributed by atoms with Gasteiger partial charge in [0.15, 0.2) is 0 Å². The predicted molar refractivity (Wildman–Crippen MR) is 58.6 cm³/mol. The maximum atomic E-state index is 13.3. The molecule has 0 saturated carbocycles. The van der Waals surface area contributed by atoms with Gasteiger partial charge < -0.3 is 10.2 Å². The Morgan fingerprint density at radius 3 is 2.41 bits per heavy atom. The first-order valence-electron chi connectivity index (χ1n) is 5.08. The highest BCUT2D eigenvalue weighted by atomic mass is 19.1. The summed E-state index contributed by atoms with van der Waals surface area (Å²) < 4.78 is 13.3. The molecule has 0 amide bonds. The molecule has 0 radical (unpaired) electrons. The van der Waals surface area contributed by atoms with Crippen LogP contribution in [-0.4, -0.2) is 22.2 Å². The summed E-state index contributed by atoms with van der Waals surface area (Å²) in [7, 11) is 0. The molecule has 0 heterocycles.